The summed E-state index contributed by atoms with van der Waals surface area (Å²) in [5, 5.41) is 24.4. The average Bonchev–Trinajstić information content (AvgIpc) is 2.78. The summed E-state index contributed by atoms with van der Waals surface area (Å²) in [4.78, 5) is 34.9. The van der Waals surface area contributed by atoms with Crippen LogP contribution in [0.15, 0.2) is 66.7 Å². The smallest absolute Gasteiger partial charge is 0.311 e. The number of ketones is 1. The largest absolute Gasteiger partial charge is 0.505 e. The fourth-order valence-electron chi connectivity index (χ4n) is 3.15. The molecule has 0 atom stereocenters. The molecule has 0 heterocycles. The zero-order valence-electron chi connectivity index (χ0n) is 18.1. The number of benzene rings is 3. The molecule has 8 heteroatoms. The van der Waals surface area contributed by atoms with Gasteiger partial charge in [0.25, 0.3) is 0 Å². The van der Waals surface area contributed by atoms with E-state index >= 15 is 0 Å². The van der Waals surface area contributed by atoms with Crippen molar-refractivity contribution in [3.8, 4) is 11.5 Å². The van der Waals surface area contributed by atoms with E-state index in [1.807, 2.05) is 30.3 Å². The van der Waals surface area contributed by atoms with Gasteiger partial charge in [-0.05, 0) is 47.9 Å². The van der Waals surface area contributed by atoms with E-state index in [-0.39, 0.29) is 41.0 Å². The molecule has 0 aliphatic heterocycles. The molecule has 0 aliphatic rings. The van der Waals surface area contributed by atoms with Crippen LogP contribution in [0, 0.1) is 17.0 Å². The van der Waals surface area contributed by atoms with Crippen LogP contribution in [0.1, 0.15) is 34.0 Å². The summed E-state index contributed by atoms with van der Waals surface area (Å²) in [6, 6.07) is 16.7. The van der Waals surface area contributed by atoms with Crippen molar-refractivity contribution in [2.24, 2.45) is 0 Å². The molecule has 0 spiro atoms. The molecule has 0 aliphatic carbocycles. The van der Waals surface area contributed by atoms with Crippen LogP contribution in [0.2, 0.25) is 0 Å². The third-order valence-electron chi connectivity index (χ3n) is 4.67. The summed E-state index contributed by atoms with van der Waals surface area (Å²) in [6.07, 6.45) is 2.62. The zero-order valence-corrected chi connectivity index (χ0v) is 18.1. The van der Waals surface area contributed by atoms with Gasteiger partial charge in [0, 0.05) is 13.0 Å². The van der Waals surface area contributed by atoms with Crippen molar-refractivity contribution in [2.75, 3.05) is 5.32 Å². The first-order chi connectivity index (χ1) is 15.7. The molecule has 8 nitrogen and oxygen atoms in total. The van der Waals surface area contributed by atoms with Crippen molar-refractivity contribution in [2.45, 2.75) is 20.5 Å². The predicted octanol–water partition coefficient (Wildman–Crippen LogP) is 5.04. The molecule has 0 radical (unpaired) electrons. The monoisotopic (exact) mass is 446 g/mol. The summed E-state index contributed by atoms with van der Waals surface area (Å²) in [5.41, 5.74) is 1.87. The predicted molar refractivity (Wildman–Crippen MR) is 124 cm³/mol. The number of carbonyl (C=O) groups excluding carboxylic acids is 2. The van der Waals surface area contributed by atoms with E-state index in [0.29, 0.717) is 11.1 Å². The molecule has 3 aromatic carbocycles. The Morgan fingerprint density at radius 2 is 1.85 bits per heavy atom. The Hall–Kier alpha value is -4.46. The number of nitrogens with zero attached hydrogens (tertiary/aromatic N) is 1. The molecule has 1 amide bonds. The number of hydrogen-bond acceptors (Lipinski definition) is 6. The molecular formula is C25H22N2O6. The maximum absolute atomic E-state index is 12.7. The topological polar surface area (TPSA) is 119 Å². The van der Waals surface area contributed by atoms with Crippen molar-refractivity contribution < 1.29 is 24.4 Å². The van der Waals surface area contributed by atoms with Crippen molar-refractivity contribution >= 4 is 29.1 Å². The number of anilines is 1. The van der Waals surface area contributed by atoms with Gasteiger partial charge in [0.1, 0.15) is 12.4 Å². The zero-order chi connectivity index (χ0) is 24.0. The molecule has 0 bridgehead atoms. The Morgan fingerprint density at radius 3 is 2.52 bits per heavy atom. The lowest BCUT2D eigenvalue weighted by Crippen LogP contribution is -2.08. The Morgan fingerprint density at radius 1 is 1.12 bits per heavy atom. The van der Waals surface area contributed by atoms with Crippen LogP contribution in [0.25, 0.3) is 6.08 Å². The number of ether oxygens (including phenoxy) is 1. The lowest BCUT2D eigenvalue weighted by molar-refractivity contribution is -0.386. The van der Waals surface area contributed by atoms with E-state index in [0.717, 1.165) is 5.56 Å². The second kappa shape index (κ2) is 10.2. The molecule has 0 saturated heterocycles. The minimum Gasteiger partial charge on any atom is -0.505 e. The van der Waals surface area contributed by atoms with Crippen LogP contribution in [-0.4, -0.2) is 21.7 Å². The molecule has 0 fully saturated rings. The number of amides is 1. The first-order valence-electron chi connectivity index (χ1n) is 10.0. The third-order valence-corrected chi connectivity index (χ3v) is 4.67. The average molecular weight is 446 g/mol. The van der Waals surface area contributed by atoms with Gasteiger partial charge in [-0.1, -0.05) is 42.5 Å². The number of aromatic hydroxyl groups is 1. The number of nitro benzene ring substituents is 1. The summed E-state index contributed by atoms with van der Waals surface area (Å²) in [5.74, 6) is -1.13. The van der Waals surface area contributed by atoms with E-state index in [1.54, 1.807) is 19.1 Å². The molecule has 168 valence electrons. The van der Waals surface area contributed by atoms with E-state index in [1.165, 1.54) is 37.3 Å². The summed E-state index contributed by atoms with van der Waals surface area (Å²) >= 11 is 0. The number of nitrogens with one attached hydrogen (secondary N) is 1. The minimum atomic E-state index is -0.550. The fourth-order valence-corrected chi connectivity index (χ4v) is 3.15. The van der Waals surface area contributed by atoms with Gasteiger partial charge in [-0.3, -0.25) is 19.7 Å². The van der Waals surface area contributed by atoms with Gasteiger partial charge >= 0.3 is 5.69 Å². The molecule has 0 saturated carbocycles. The van der Waals surface area contributed by atoms with Gasteiger partial charge in [0.05, 0.1) is 16.2 Å². The highest BCUT2D eigenvalue weighted by molar-refractivity contribution is 6.10. The van der Waals surface area contributed by atoms with E-state index < -0.39 is 10.7 Å². The van der Waals surface area contributed by atoms with Crippen molar-refractivity contribution in [3.05, 3.63) is 99.1 Å². The molecule has 33 heavy (non-hydrogen) atoms. The number of allylic oxidation sites excluding steroid dienone is 1. The first kappa shape index (κ1) is 23.2. The molecule has 3 rings (SSSR count). The van der Waals surface area contributed by atoms with Crippen LogP contribution < -0.4 is 10.1 Å². The number of nitro groups is 1. The lowest BCUT2D eigenvalue weighted by atomic mass is 10.0. The van der Waals surface area contributed by atoms with Crippen LogP contribution in [0.5, 0.6) is 11.5 Å². The summed E-state index contributed by atoms with van der Waals surface area (Å²) in [6.45, 7) is 3.20. The standard InChI is InChI=1S/C25H22N2O6/c1-16-12-20(25(30)21(13-16)26-17(2)28)23(29)10-8-18-9-11-24(22(14-18)27(31)32)33-15-19-6-4-3-5-7-19/h3-14,30H,15H2,1-2H3,(H,26,28)/b10-8+. The highest BCUT2D eigenvalue weighted by atomic mass is 16.6. The number of hydrogen-bond donors (Lipinski definition) is 2. The van der Waals surface area contributed by atoms with E-state index in [9.17, 15) is 24.8 Å². The summed E-state index contributed by atoms with van der Waals surface area (Å²) in [7, 11) is 0. The molecule has 3 aromatic rings. The van der Waals surface area contributed by atoms with Gasteiger partial charge in [0.15, 0.2) is 11.5 Å². The highest BCUT2D eigenvalue weighted by Gasteiger charge is 2.17. The second-order valence-electron chi connectivity index (χ2n) is 7.35. The summed E-state index contributed by atoms with van der Waals surface area (Å²) < 4.78 is 5.61. The third kappa shape index (κ3) is 6.04. The maximum atomic E-state index is 12.7. The Bertz CT molecular complexity index is 1240. The number of aryl methyl sites for hydroxylation is 1. The first-order valence-corrected chi connectivity index (χ1v) is 10.0. The SMILES string of the molecule is CC(=O)Nc1cc(C)cc(C(=O)/C=C/c2ccc(OCc3ccccc3)c([N+](=O)[O-])c2)c1O. The van der Waals surface area contributed by atoms with E-state index in [4.69, 9.17) is 4.74 Å². The quantitative estimate of drug-likeness (QED) is 0.164. The Balaban J connectivity index is 1.81. The Labute approximate surface area is 190 Å². The second-order valence-corrected chi connectivity index (χ2v) is 7.35. The molecule has 2 N–H and O–H groups in total. The van der Waals surface area contributed by atoms with E-state index in [2.05, 4.69) is 5.32 Å². The maximum Gasteiger partial charge on any atom is 0.311 e. The number of carbonyl (C=O) groups is 2. The van der Waals surface area contributed by atoms with Gasteiger partial charge < -0.3 is 15.2 Å². The fraction of sp³-hybridized carbons (Fsp3) is 0.120. The van der Waals surface area contributed by atoms with Crippen molar-refractivity contribution in [1.29, 1.82) is 0 Å². The molecule has 0 aromatic heterocycles. The number of phenolic OH excluding ortho intramolecular Hbond substituents is 1. The van der Waals surface area contributed by atoms with Crippen molar-refractivity contribution in [3.63, 3.8) is 0 Å². The molecular weight excluding hydrogens is 424 g/mol. The normalized spacial score (nSPS) is 10.7. The number of phenols is 1. The van der Waals surface area contributed by atoms with Gasteiger partial charge in [-0.15, -0.1) is 0 Å². The number of rotatable bonds is 8. The van der Waals surface area contributed by atoms with Crippen molar-refractivity contribution in [1.82, 2.24) is 0 Å². The van der Waals surface area contributed by atoms with Crippen LogP contribution in [-0.2, 0) is 11.4 Å². The van der Waals surface area contributed by atoms with Gasteiger partial charge in [-0.2, -0.15) is 0 Å². The molecule has 0 unspecified atom stereocenters. The van der Waals surface area contributed by atoms with Crippen LogP contribution in [0.3, 0.4) is 0 Å². The van der Waals surface area contributed by atoms with Gasteiger partial charge in [-0.25, -0.2) is 0 Å². The van der Waals surface area contributed by atoms with Crippen LogP contribution >= 0.6 is 0 Å². The Kier molecular flexibility index (Phi) is 7.20. The minimum absolute atomic E-state index is 0.00677. The lowest BCUT2D eigenvalue weighted by Gasteiger charge is -2.10. The van der Waals surface area contributed by atoms with Crippen LogP contribution in [0.4, 0.5) is 11.4 Å². The van der Waals surface area contributed by atoms with Gasteiger partial charge in [0.2, 0.25) is 5.91 Å². The highest BCUT2D eigenvalue weighted by Crippen LogP contribution is 2.31.